The number of anilines is 1. The third-order valence-electron chi connectivity index (χ3n) is 3.84. The van der Waals surface area contributed by atoms with Crippen molar-refractivity contribution in [2.45, 2.75) is 32.6 Å². The highest BCUT2D eigenvalue weighted by Gasteiger charge is 2.24. The Balaban J connectivity index is 2.19. The number of urea groups is 1. The second kappa shape index (κ2) is 7.11. The fourth-order valence-electron chi connectivity index (χ4n) is 2.68. The second-order valence-corrected chi connectivity index (χ2v) is 5.24. The van der Waals surface area contributed by atoms with Gasteiger partial charge in [-0.3, -0.25) is 9.69 Å². The summed E-state index contributed by atoms with van der Waals surface area (Å²) < 4.78 is 0. The first-order valence-corrected chi connectivity index (χ1v) is 7.49. The third kappa shape index (κ3) is 3.74. The summed E-state index contributed by atoms with van der Waals surface area (Å²) in [5.74, 6) is -0.877. The molecule has 0 spiro atoms. The van der Waals surface area contributed by atoms with Crippen molar-refractivity contribution in [1.82, 2.24) is 4.90 Å². The van der Waals surface area contributed by atoms with Gasteiger partial charge in [0, 0.05) is 25.3 Å². The quantitative estimate of drug-likeness (QED) is 0.927. The van der Waals surface area contributed by atoms with Crippen LogP contribution >= 0.6 is 0 Å². The molecule has 0 radical (unpaired) electrons. The van der Waals surface area contributed by atoms with Crippen molar-refractivity contribution < 1.29 is 14.7 Å². The van der Waals surface area contributed by atoms with Crippen LogP contribution < -0.4 is 4.90 Å². The van der Waals surface area contributed by atoms with Gasteiger partial charge in [-0.15, -0.1) is 0 Å². The van der Waals surface area contributed by atoms with Crippen LogP contribution in [0.5, 0.6) is 0 Å². The van der Waals surface area contributed by atoms with Crippen molar-refractivity contribution in [3.05, 3.63) is 29.8 Å². The molecular formula is C16H22N2O3. The van der Waals surface area contributed by atoms with Gasteiger partial charge < -0.3 is 10.0 Å². The molecule has 0 aliphatic carbocycles. The van der Waals surface area contributed by atoms with Crippen LogP contribution in [0, 0.1) is 0 Å². The largest absolute Gasteiger partial charge is 0.481 e. The number of carbonyl (C=O) groups excluding carboxylic acids is 1. The zero-order chi connectivity index (χ0) is 15.2. The minimum Gasteiger partial charge on any atom is -0.481 e. The maximum atomic E-state index is 12.7. The summed E-state index contributed by atoms with van der Waals surface area (Å²) >= 11 is 0. The van der Waals surface area contributed by atoms with E-state index in [-0.39, 0.29) is 19.0 Å². The molecule has 5 heteroatoms. The lowest BCUT2D eigenvalue weighted by molar-refractivity contribution is -0.137. The Labute approximate surface area is 125 Å². The molecule has 2 rings (SSSR count). The molecule has 0 bridgehead atoms. The maximum absolute atomic E-state index is 12.7. The molecular weight excluding hydrogens is 268 g/mol. The summed E-state index contributed by atoms with van der Waals surface area (Å²) in [6.45, 7) is 3.34. The number of amides is 2. The second-order valence-electron chi connectivity index (χ2n) is 5.24. The van der Waals surface area contributed by atoms with Crippen LogP contribution in [0.4, 0.5) is 10.5 Å². The fourth-order valence-corrected chi connectivity index (χ4v) is 2.68. The van der Waals surface area contributed by atoms with E-state index < -0.39 is 5.97 Å². The first kappa shape index (κ1) is 15.4. The summed E-state index contributed by atoms with van der Waals surface area (Å²) in [7, 11) is 0. The highest BCUT2D eigenvalue weighted by atomic mass is 16.4. The van der Waals surface area contributed by atoms with E-state index in [1.54, 1.807) is 9.80 Å². The molecule has 114 valence electrons. The number of hydrogen-bond donors (Lipinski definition) is 1. The van der Waals surface area contributed by atoms with Gasteiger partial charge in [-0.05, 0) is 37.8 Å². The van der Waals surface area contributed by atoms with E-state index in [0.717, 1.165) is 24.9 Å². The number of benzene rings is 1. The first-order valence-electron chi connectivity index (χ1n) is 7.49. The molecule has 1 heterocycles. The summed E-state index contributed by atoms with van der Waals surface area (Å²) in [5.41, 5.74) is 2.16. The Bertz CT molecular complexity index is 516. The van der Waals surface area contributed by atoms with Crippen LogP contribution in [0.2, 0.25) is 0 Å². The standard InChI is InChI=1S/C16H22N2O3/c1-2-17(12-10-15(19)20)16(21)18-11-6-5-8-13-7-3-4-9-14(13)18/h3-4,7,9H,2,5-6,8,10-12H2,1H3,(H,19,20). The maximum Gasteiger partial charge on any atom is 0.324 e. The van der Waals surface area contributed by atoms with E-state index in [0.29, 0.717) is 13.1 Å². The highest BCUT2D eigenvalue weighted by Crippen LogP contribution is 2.27. The van der Waals surface area contributed by atoms with Crippen LogP contribution in [0.3, 0.4) is 0 Å². The molecule has 0 aromatic heterocycles. The zero-order valence-corrected chi connectivity index (χ0v) is 12.4. The predicted octanol–water partition coefficient (Wildman–Crippen LogP) is 2.75. The molecule has 2 amide bonds. The average Bonchev–Trinajstić information content (AvgIpc) is 2.69. The monoisotopic (exact) mass is 290 g/mol. The highest BCUT2D eigenvalue weighted by molar-refractivity contribution is 5.93. The topological polar surface area (TPSA) is 60.9 Å². The van der Waals surface area contributed by atoms with E-state index in [2.05, 4.69) is 6.07 Å². The summed E-state index contributed by atoms with van der Waals surface area (Å²) in [4.78, 5) is 26.8. The molecule has 5 nitrogen and oxygen atoms in total. The lowest BCUT2D eigenvalue weighted by atomic mass is 10.1. The van der Waals surface area contributed by atoms with Crippen molar-refractivity contribution in [1.29, 1.82) is 0 Å². The van der Waals surface area contributed by atoms with E-state index in [1.165, 1.54) is 5.56 Å². The van der Waals surface area contributed by atoms with Gasteiger partial charge in [-0.2, -0.15) is 0 Å². The Hall–Kier alpha value is -2.04. The molecule has 1 aliphatic heterocycles. The van der Waals surface area contributed by atoms with Crippen molar-refractivity contribution in [3.8, 4) is 0 Å². The van der Waals surface area contributed by atoms with Crippen molar-refractivity contribution in [3.63, 3.8) is 0 Å². The lowest BCUT2D eigenvalue weighted by Gasteiger charge is -2.30. The number of rotatable bonds is 4. The lowest BCUT2D eigenvalue weighted by Crippen LogP contribution is -2.44. The molecule has 0 unspecified atom stereocenters. The summed E-state index contributed by atoms with van der Waals surface area (Å²) in [5, 5.41) is 8.80. The molecule has 0 fully saturated rings. The van der Waals surface area contributed by atoms with Gasteiger partial charge in [0.1, 0.15) is 0 Å². The van der Waals surface area contributed by atoms with Crippen LogP contribution in [0.15, 0.2) is 24.3 Å². The minimum absolute atomic E-state index is 0.0188. The molecule has 21 heavy (non-hydrogen) atoms. The number of aryl methyl sites for hydroxylation is 1. The SMILES string of the molecule is CCN(CCC(=O)O)C(=O)N1CCCCc2ccccc21. The number of para-hydroxylation sites is 1. The van der Waals surface area contributed by atoms with Gasteiger partial charge in [0.15, 0.2) is 0 Å². The number of nitrogens with zero attached hydrogens (tertiary/aromatic N) is 2. The fraction of sp³-hybridized carbons (Fsp3) is 0.500. The van der Waals surface area contributed by atoms with Crippen LogP contribution in [0.25, 0.3) is 0 Å². The Morgan fingerprint density at radius 1 is 1.29 bits per heavy atom. The average molecular weight is 290 g/mol. The van der Waals surface area contributed by atoms with Gasteiger partial charge in [0.25, 0.3) is 0 Å². The Morgan fingerprint density at radius 3 is 2.76 bits per heavy atom. The van der Waals surface area contributed by atoms with Crippen LogP contribution in [-0.2, 0) is 11.2 Å². The number of carboxylic acid groups (broad SMARTS) is 1. The van der Waals surface area contributed by atoms with Gasteiger partial charge in [0.05, 0.1) is 6.42 Å². The summed E-state index contributed by atoms with van der Waals surface area (Å²) in [6, 6.07) is 7.89. The van der Waals surface area contributed by atoms with E-state index in [9.17, 15) is 9.59 Å². The van der Waals surface area contributed by atoms with Crippen LogP contribution in [0.1, 0.15) is 31.7 Å². The smallest absolute Gasteiger partial charge is 0.324 e. The predicted molar refractivity (Wildman–Crippen MR) is 81.6 cm³/mol. The van der Waals surface area contributed by atoms with Crippen molar-refractivity contribution in [2.75, 3.05) is 24.5 Å². The number of fused-ring (bicyclic) bond motifs is 1. The van der Waals surface area contributed by atoms with Gasteiger partial charge >= 0.3 is 12.0 Å². The molecule has 1 aliphatic rings. The van der Waals surface area contributed by atoms with Gasteiger partial charge in [0.2, 0.25) is 0 Å². The zero-order valence-electron chi connectivity index (χ0n) is 12.4. The molecule has 0 atom stereocenters. The molecule has 0 saturated carbocycles. The number of carbonyl (C=O) groups is 2. The van der Waals surface area contributed by atoms with E-state index >= 15 is 0 Å². The third-order valence-corrected chi connectivity index (χ3v) is 3.84. The molecule has 1 N–H and O–H groups in total. The molecule has 1 aromatic carbocycles. The number of hydrogen-bond acceptors (Lipinski definition) is 2. The summed E-state index contributed by atoms with van der Waals surface area (Å²) in [6.07, 6.45) is 3.01. The van der Waals surface area contributed by atoms with Gasteiger partial charge in [-0.25, -0.2) is 4.79 Å². The first-order chi connectivity index (χ1) is 10.1. The van der Waals surface area contributed by atoms with Gasteiger partial charge in [-0.1, -0.05) is 18.2 Å². The number of aliphatic carboxylic acids is 1. The number of carboxylic acids is 1. The normalized spacial score (nSPS) is 14.2. The molecule has 1 aromatic rings. The van der Waals surface area contributed by atoms with Crippen molar-refractivity contribution in [2.24, 2.45) is 0 Å². The van der Waals surface area contributed by atoms with Crippen LogP contribution in [-0.4, -0.2) is 41.6 Å². The van der Waals surface area contributed by atoms with Crippen molar-refractivity contribution >= 4 is 17.7 Å². The Kier molecular flexibility index (Phi) is 5.20. The minimum atomic E-state index is -0.877. The molecule has 0 saturated heterocycles. The Morgan fingerprint density at radius 2 is 2.05 bits per heavy atom. The van der Waals surface area contributed by atoms with E-state index in [1.807, 2.05) is 25.1 Å². The van der Waals surface area contributed by atoms with E-state index in [4.69, 9.17) is 5.11 Å².